The largest absolute Gasteiger partial charge is 0.468 e. The van der Waals surface area contributed by atoms with Gasteiger partial charge in [0, 0.05) is 13.1 Å². The number of aromatic nitrogens is 4. The minimum absolute atomic E-state index is 0.210. The van der Waals surface area contributed by atoms with Gasteiger partial charge in [0.1, 0.15) is 0 Å². The van der Waals surface area contributed by atoms with Gasteiger partial charge in [-0.1, -0.05) is 37.1 Å². The summed E-state index contributed by atoms with van der Waals surface area (Å²) >= 11 is 0. The van der Waals surface area contributed by atoms with E-state index in [0.717, 1.165) is 31.0 Å². The van der Waals surface area contributed by atoms with Gasteiger partial charge < -0.3 is 9.64 Å². The molecule has 3 aromatic rings. The Balaban J connectivity index is 1.86. The molecule has 0 radical (unpaired) electrons. The fourth-order valence-corrected chi connectivity index (χ4v) is 4.16. The van der Waals surface area contributed by atoms with Gasteiger partial charge in [-0.15, -0.1) is 5.92 Å². The van der Waals surface area contributed by atoms with Crippen molar-refractivity contribution in [2.75, 3.05) is 25.1 Å². The van der Waals surface area contributed by atoms with Gasteiger partial charge in [-0.2, -0.15) is 9.97 Å². The van der Waals surface area contributed by atoms with Gasteiger partial charge in [0.15, 0.2) is 16.9 Å². The second-order valence-corrected chi connectivity index (χ2v) is 8.06. The van der Waals surface area contributed by atoms with Crippen molar-refractivity contribution in [2.24, 2.45) is 5.92 Å². The number of hydrogen-bond acceptors (Lipinski definition) is 5. The predicted octanol–water partition coefficient (Wildman–Crippen LogP) is 3.46. The zero-order valence-electron chi connectivity index (χ0n) is 18.6. The molecule has 32 heavy (non-hydrogen) atoms. The number of ether oxygens (including phenoxy) is 1. The summed E-state index contributed by atoms with van der Waals surface area (Å²) in [5.74, 6) is 7.30. The predicted molar refractivity (Wildman–Crippen MR) is 124 cm³/mol. The molecular formula is C24H26N6O2. The average molecular weight is 431 g/mol. The Morgan fingerprint density at radius 1 is 1.25 bits per heavy atom. The van der Waals surface area contributed by atoms with Gasteiger partial charge in [0.05, 0.1) is 26.8 Å². The van der Waals surface area contributed by atoms with E-state index in [1.807, 2.05) is 16.7 Å². The molecule has 1 aliphatic rings. The van der Waals surface area contributed by atoms with E-state index in [0.29, 0.717) is 29.3 Å². The van der Waals surface area contributed by atoms with Crippen LogP contribution in [0, 0.1) is 24.3 Å². The van der Waals surface area contributed by atoms with E-state index >= 15 is 0 Å². The first-order valence-electron chi connectivity index (χ1n) is 10.7. The van der Waals surface area contributed by atoms with Crippen molar-refractivity contribution >= 4 is 22.8 Å². The third-order valence-corrected chi connectivity index (χ3v) is 5.75. The molecule has 1 saturated heterocycles. The smallest absolute Gasteiger partial charge is 0.301 e. The van der Waals surface area contributed by atoms with Crippen LogP contribution >= 0.6 is 0 Å². The summed E-state index contributed by atoms with van der Waals surface area (Å²) in [6.07, 6.45) is 2.28. The van der Waals surface area contributed by atoms with Crippen LogP contribution in [0.15, 0.2) is 29.1 Å². The number of fused-ring (bicyclic) bond motifs is 1. The maximum atomic E-state index is 13.6. The van der Waals surface area contributed by atoms with Crippen LogP contribution < -0.4 is 15.2 Å². The molecule has 0 aliphatic carbocycles. The second-order valence-electron chi connectivity index (χ2n) is 8.06. The van der Waals surface area contributed by atoms with E-state index in [1.165, 1.54) is 18.1 Å². The van der Waals surface area contributed by atoms with E-state index in [2.05, 4.69) is 33.5 Å². The summed E-state index contributed by atoms with van der Waals surface area (Å²) in [4.78, 5) is 28.6. The van der Waals surface area contributed by atoms with Gasteiger partial charge in [-0.05, 0) is 31.2 Å². The minimum atomic E-state index is -0.220. The summed E-state index contributed by atoms with van der Waals surface area (Å²) in [5.41, 5.74) is 2.02. The first kappa shape index (κ1) is 21.5. The van der Waals surface area contributed by atoms with Crippen LogP contribution in [-0.2, 0) is 13.1 Å². The molecule has 1 unspecified atom stereocenters. The van der Waals surface area contributed by atoms with Crippen molar-refractivity contribution < 1.29 is 4.74 Å². The first-order chi connectivity index (χ1) is 15.5. The van der Waals surface area contributed by atoms with Crippen LogP contribution in [0.1, 0.15) is 32.3 Å². The van der Waals surface area contributed by atoms with Crippen molar-refractivity contribution in [2.45, 2.75) is 39.8 Å². The van der Waals surface area contributed by atoms with E-state index < -0.39 is 0 Å². The van der Waals surface area contributed by atoms with Crippen LogP contribution in [0.5, 0.6) is 6.01 Å². The molecule has 1 atom stereocenters. The lowest BCUT2D eigenvalue weighted by atomic mass is 10.0. The lowest BCUT2D eigenvalue weighted by Crippen LogP contribution is -2.36. The van der Waals surface area contributed by atoms with Crippen molar-refractivity contribution in [1.82, 2.24) is 19.1 Å². The third-order valence-electron chi connectivity index (χ3n) is 5.75. The molecule has 4 rings (SSSR count). The Labute approximate surface area is 187 Å². The van der Waals surface area contributed by atoms with Gasteiger partial charge in [0.25, 0.3) is 5.56 Å². The molecule has 0 bridgehead atoms. The van der Waals surface area contributed by atoms with Crippen molar-refractivity contribution in [3.63, 3.8) is 0 Å². The number of rotatable bonds is 5. The highest BCUT2D eigenvalue weighted by atomic mass is 16.5. The summed E-state index contributed by atoms with van der Waals surface area (Å²) in [5, 5.41) is 0. The van der Waals surface area contributed by atoms with Crippen molar-refractivity contribution in [3.8, 4) is 17.9 Å². The summed E-state index contributed by atoms with van der Waals surface area (Å²) in [7, 11) is 1.50. The molecule has 1 aromatic carbocycles. The normalized spacial score (nSPS) is 15.8. The average Bonchev–Trinajstić information content (AvgIpc) is 3.18. The van der Waals surface area contributed by atoms with Crippen LogP contribution in [0.3, 0.4) is 0 Å². The van der Waals surface area contributed by atoms with Crippen LogP contribution in [0.2, 0.25) is 0 Å². The highest BCUT2D eigenvalue weighted by molar-refractivity contribution is 5.75. The molecule has 0 saturated carbocycles. The Morgan fingerprint density at radius 3 is 2.69 bits per heavy atom. The topological polar surface area (TPSA) is 69.5 Å². The van der Waals surface area contributed by atoms with Gasteiger partial charge in [-0.3, -0.25) is 13.9 Å². The molecule has 8 nitrogen and oxygen atoms in total. The zero-order valence-corrected chi connectivity index (χ0v) is 18.6. The second kappa shape index (κ2) is 9.15. The molecule has 3 heterocycles. The summed E-state index contributed by atoms with van der Waals surface area (Å²) in [6.45, 7) is 13.6. The molecule has 164 valence electrons. The van der Waals surface area contributed by atoms with Gasteiger partial charge in [-0.25, -0.2) is 4.85 Å². The van der Waals surface area contributed by atoms with E-state index in [9.17, 15) is 4.79 Å². The lowest BCUT2D eigenvalue weighted by molar-refractivity contribution is 0.353. The molecule has 2 aromatic heterocycles. The molecule has 1 aliphatic heterocycles. The van der Waals surface area contributed by atoms with Gasteiger partial charge >= 0.3 is 6.01 Å². The lowest BCUT2D eigenvalue weighted by Gasteiger charge is -2.31. The Kier molecular flexibility index (Phi) is 6.13. The highest BCUT2D eigenvalue weighted by Crippen LogP contribution is 2.26. The van der Waals surface area contributed by atoms with E-state index in [4.69, 9.17) is 16.3 Å². The summed E-state index contributed by atoms with van der Waals surface area (Å²) < 4.78 is 8.85. The number of methoxy groups -OCH3 is 1. The fourth-order valence-electron chi connectivity index (χ4n) is 4.16. The Morgan fingerprint density at radius 2 is 2.03 bits per heavy atom. The molecule has 8 heteroatoms. The number of nitrogens with zero attached hydrogens (tertiary/aromatic N) is 6. The Bertz CT molecular complexity index is 1290. The van der Waals surface area contributed by atoms with Gasteiger partial charge in [0.2, 0.25) is 5.95 Å². The maximum Gasteiger partial charge on any atom is 0.301 e. The molecule has 0 N–H and O–H groups in total. The monoisotopic (exact) mass is 430 g/mol. The summed E-state index contributed by atoms with van der Waals surface area (Å²) in [6, 6.07) is 7.36. The highest BCUT2D eigenvalue weighted by Gasteiger charge is 2.25. The zero-order chi connectivity index (χ0) is 22.7. The van der Waals surface area contributed by atoms with E-state index in [-0.39, 0.29) is 18.1 Å². The molecular weight excluding hydrogens is 404 g/mol. The quantitative estimate of drug-likeness (QED) is 0.458. The number of anilines is 1. The Hall–Kier alpha value is -3.78. The minimum Gasteiger partial charge on any atom is -0.468 e. The SMILES string of the molecule is [C-]#[N+]c1ccc(Cn2c(OC)nc3nc(N4CCCC(C)C4)n(CC#CC)c3c2=O)cc1. The van der Waals surface area contributed by atoms with Crippen LogP contribution in [-0.4, -0.2) is 39.3 Å². The molecule has 0 spiro atoms. The number of imidazole rings is 1. The van der Waals surface area contributed by atoms with Crippen molar-refractivity contribution in [3.05, 3.63) is 51.6 Å². The van der Waals surface area contributed by atoms with Crippen LogP contribution in [0.4, 0.5) is 11.6 Å². The number of piperidine rings is 1. The first-order valence-corrected chi connectivity index (χ1v) is 10.7. The van der Waals surface area contributed by atoms with Crippen molar-refractivity contribution in [1.29, 1.82) is 0 Å². The van der Waals surface area contributed by atoms with E-state index in [1.54, 1.807) is 19.1 Å². The van der Waals surface area contributed by atoms with Crippen LogP contribution in [0.25, 0.3) is 16.0 Å². The molecule has 0 amide bonds. The number of benzene rings is 1. The third kappa shape index (κ3) is 4.04. The standard InChI is InChI=1S/C24H26N6O2/c1-5-6-14-29-20-21(26-23(29)28-13-7-8-17(2)15-28)27-24(32-4)30(22(20)31)16-18-9-11-19(25-3)12-10-18/h9-12,17H,7-8,13-16H2,1-2,4H3. The number of hydrogen-bond donors (Lipinski definition) is 0. The maximum absolute atomic E-state index is 13.6. The molecule has 1 fully saturated rings. The fraction of sp³-hybridized carbons (Fsp3) is 0.417.